The molecule has 0 saturated carbocycles. The number of hydrazine groups is 1. The zero-order valence-electron chi connectivity index (χ0n) is 9.17. The van der Waals surface area contributed by atoms with Gasteiger partial charge in [0.2, 0.25) is 0 Å². The standard InChI is InChI=1S/C11H16Cl2N2S/c1-16-5-4-10(15-14)7-8-6-9(12)2-3-11(8)13/h2-3,6,10,15H,4-5,7,14H2,1H3. The molecule has 0 heterocycles. The molecule has 16 heavy (non-hydrogen) atoms. The van der Waals surface area contributed by atoms with Crippen molar-refractivity contribution < 1.29 is 0 Å². The summed E-state index contributed by atoms with van der Waals surface area (Å²) in [4.78, 5) is 0. The zero-order valence-corrected chi connectivity index (χ0v) is 11.5. The van der Waals surface area contributed by atoms with Gasteiger partial charge in [-0.25, -0.2) is 0 Å². The number of rotatable bonds is 6. The molecule has 0 saturated heterocycles. The fourth-order valence-electron chi connectivity index (χ4n) is 1.47. The van der Waals surface area contributed by atoms with Gasteiger partial charge < -0.3 is 0 Å². The van der Waals surface area contributed by atoms with E-state index in [2.05, 4.69) is 11.7 Å². The minimum Gasteiger partial charge on any atom is -0.271 e. The van der Waals surface area contributed by atoms with Gasteiger partial charge in [-0.15, -0.1) is 0 Å². The highest BCUT2D eigenvalue weighted by atomic mass is 35.5. The molecule has 0 bridgehead atoms. The smallest absolute Gasteiger partial charge is 0.0439 e. The Morgan fingerprint density at radius 2 is 2.19 bits per heavy atom. The lowest BCUT2D eigenvalue weighted by Crippen LogP contribution is -2.37. The summed E-state index contributed by atoms with van der Waals surface area (Å²) in [6.45, 7) is 0. The molecule has 1 rings (SSSR count). The highest BCUT2D eigenvalue weighted by Crippen LogP contribution is 2.22. The summed E-state index contributed by atoms with van der Waals surface area (Å²) >= 11 is 13.8. The SMILES string of the molecule is CSCCC(Cc1cc(Cl)ccc1Cl)NN. The molecule has 0 aliphatic heterocycles. The summed E-state index contributed by atoms with van der Waals surface area (Å²) in [5.74, 6) is 6.59. The van der Waals surface area contributed by atoms with Crippen LogP contribution in [0.25, 0.3) is 0 Å². The highest BCUT2D eigenvalue weighted by molar-refractivity contribution is 7.98. The van der Waals surface area contributed by atoms with Crippen LogP contribution in [-0.4, -0.2) is 18.1 Å². The summed E-state index contributed by atoms with van der Waals surface area (Å²) in [6.07, 6.45) is 3.90. The van der Waals surface area contributed by atoms with E-state index in [-0.39, 0.29) is 6.04 Å². The fraction of sp³-hybridized carbons (Fsp3) is 0.455. The molecule has 0 aliphatic rings. The van der Waals surface area contributed by atoms with Gasteiger partial charge in [-0.05, 0) is 48.6 Å². The molecule has 0 spiro atoms. The lowest BCUT2D eigenvalue weighted by atomic mass is 10.0. The Bertz CT molecular complexity index is 334. The van der Waals surface area contributed by atoms with Crippen molar-refractivity contribution in [2.45, 2.75) is 18.9 Å². The minimum absolute atomic E-state index is 0.239. The van der Waals surface area contributed by atoms with Crippen LogP contribution in [0.3, 0.4) is 0 Å². The second-order valence-corrected chi connectivity index (χ2v) is 5.41. The summed E-state index contributed by atoms with van der Waals surface area (Å²) in [5, 5.41) is 1.45. The van der Waals surface area contributed by atoms with Crippen LogP contribution in [0.2, 0.25) is 10.0 Å². The van der Waals surface area contributed by atoms with Crippen molar-refractivity contribution in [1.29, 1.82) is 0 Å². The first-order valence-electron chi connectivity index (χ1n) is 5.06. The third-order valence-corrected chi connectivity index (χ3v) is 3.63. The van der Waals surface area contributed by atoms with Gasteiger partial charge in [-0.3, -0.25) is 11.3 Å². The number of thioether (sulfide) groups is 1. The Balaban J connectivity index is 2.65. The van der Waals surface area contributed by atoms with Crippen molar-refractivity contribution in [2.24, 2.45) is 5.84 Å². The first kappa shape index (κ1) is 14.1. The van der Waals surface area contributed by atoms with Crippen molar-refractivity contribution in [3.8, 4) is 0 Å². The molecule has 1 atom stereocenters. The minimum atomic E-state index is 0.239. The third kappa shape index (κ3) is 4.52. The lowest BCUT2D eigenvalue weighted by molar-refractivity contribution is 0.514. The molecular formula is C11H16Cl2N2S. The molecule has 0 radical (unpaired) electrons. The van der Waals surface area contributed by atoms with Gasteiger partial charge in [0.25, 0.3) is 0 Å². The van der Waals surface area contributed by atoms with Crippen LogP contribution < -0.4 is 11.3 Å². The molecule has 1 aromatic carbocycles. The van der Waals surface area contributed by atoms with Gasteiger partial charge in [0.1, 0.15) is 0 Å². The van der Waals surface area contributed by atoms with Gasteiger partial charge >= 0.3 is 0 Å². The fourth-order valence-corrected chi connectivity index (χ4v) is 2.38. The second-order valence-electron chi connectivity index (χ2n) is 3.58. The molecule has 1 unspecified atom stereocenters. The molecule has 1 aromatic rings. The van der Waals surface area contributed by atoms with Crippen LogP contribution in [0.5, 0.6) is 0 Å². The molecular weight excluding hydrogens is 263 g/mol. The summed E-state index contributed by atoms with van der Waals surface area (Å²) < 4.78 is 0. The van der Waals surface area contributed by atoms with E-state index in [4.69, 9.17) is 29.0 Å². The normalized spacial score (nSPS) is 12.8. The van der Waals surface area contributed by atoms with Crippen molar-refractivity contribution >= 4 is 35.0 Å². The number of hydrogen-bond donors (Lipinski definition) is 2. The first-order chi connectivity index (χ1) is 7.67. The van der Waals surface area contributed by atoms with E-state index < -0.39 is 0 Å². The maximum atomic E-state index is 6.10. The Labute approximate surface area is 111 Å². The topological polar surface area (TPSA) is 38.0 Å². The van der Waals surface area contributed by atoms with Gasteiger partial charge in [-0.1, -0.05) is 23.2 Å². The molecule has 0 aromatic heterocycles. The van der Waals surface area contributed by atoms with Crippen LogP contribution in [-0.2, 0) is 6.42 Å². The van der Waals surface area contributed by atoms with Crippen molar-refractivity contribution in [2.75, 3.05) is 12.0 Å². The van der Waals surface area contributed by atoms with E-state index in [0.717, 1.165) is 29.2 Å². The average molecular weight is 279 g/mol. The predicted molar refractivity (Wildman–Crippen MR) is 74.3 cm³/mol. The highest BCUT2D eigenvalue weighted by Gasteiger charge is 2.10. The molecule has 90 valence electrons. The maximum absolute atomic E-state index is 6.10. The van der Waals surface area contributed by atoms with Gasteiger partial charge in [0.15, 0.2) is 0 Å². The van der Waals surface area contributed by atoms with E-state index in [1.807, 2.05) is 23.9 Å². The quantitative estimate of drug-likeness (QED) is 0.620. The number of nitrogens with two attached hydrogens (primary N) is 1. The summed E-state index contributed by atoms with van der Waals surface area (Å²) in [7, 11) is 0. The van der Waals surface area contributed by atoms with Crippen LogP contribution in [0, 0.1) is 0 Å². The third-order valence-electron chi connectivity index (χ3n) is 2.38. The van der Waals surface area contributed by atoms with E-state index in [9.17, 15) is 0 Å². The number of halogens is 2. The zero-order chi connectivity index (χ0) is 12.0. The Morgan fingerprint density at radius 1 is 1.44 bits per heavy atom. The van der Waals surface area contributed by atoms with E-state index in [0.29, 0.717) is 5.02 Å². The van der Waals surface area contributed by atoms with Crippen LogP contribution in [0.1, 0.15) is 12.0 Å². The van der Waals surface area contributed by atoms with Gasteiger partial charge in [0, 0.05) is 16.1 Å². The largest absolute Gasteiger partial charge is 0.271 e. The average Bonchev–Trinajstić information content (AvgIpc) is 2.28. The number of nitrogens with one attached hydrogen (secondary N) is 1. The Hall–Kier alpha value is 0.0700. The molecule has 3 N–H and O–H groups in total. The summed E-state index contributed by atoms with van der Waals surface area (Å²) in [5.41, 5.74) is 3.86. The Morgan fingerprint density at radius 3 is 2.81 bits per heavy atom. The van der Waals surface area contributed by atoms with E-state index >= 15 is 0 Å². The van der Waals surface area contributed by atoms with Gasteiger partial charge in [-0.2, -0.15) is 11.8 Å². The maximum Gasteiger partial charge on any atom is 0.0439 e. The van der Waals surface area contributed by atoms with Gasteiger partial charge in [0.05, 0.1) is 0 Å². The van der Waals surface area contributed by atoms with Crippen molar-refractivity contribution in [3.05, 3.63) is 33.8 Å². The predicted octanol–water partition coefficient (Wildman–Crippen LogP) is 3.12. The number of benzene rings is 1. The van der Waals surface area contributed by atoms with Crippen LogP contribution >= 0.6 is 35.0 Å². The monoisotopic (exact) mass is 278 g/mol. The number of hydrogen-bond acceptors (Lipinski definition) is 3. The Kier molecular flexibility index (Phi) is 6.54. The summed E-state index contributed by atoms with van der Waals surface area (Å²) in [6, 6.07) is 5.75. The van der Waals surface area contributed by atoms with E-state index in [1.165, 1.54) is 0 Å². The molecule has 0 fully saturated rings. The molecule has 0 amide bonds. The lowest BCUT2D eigenvalue weighted by Gasteiger charge is -2.16. The van der Waals surface area contributed by atoms with Crippen LogP contribution in [0.4, 0.5) is 0 Å². The molecule has 5 heteroatoms. The van der Waals surface area contributed by atoms with Crippen LogP contribution in [0.15, 0.2) is 18.2 Å². The van der Waals surface area contributed by atoms with E-state index in [1.54, 1.807) is 6.07 Å². The molecule has 2 nitrogen and oxygen atoms in total. The molecule has 0 aliphatic carbocycles. The van der Waals surface area contributed by atoms with Crippen molar-refractivity contribution in [3.63, 3.8) is 0 Å². The van der Waals surface area contributed by atoms with Crippen molar-refractivity contribution in [1.82, 2.24) is 5.43 Å². The first-order valence-corrected chi connectivity index (χ1v) is 7.21. The second kappa shape index (κ2) is 7.41.